The summed E-state index contributed by atoms with van der Waals surface area (Å²) < 4.78 is 0. The second-order valence-electron chi connectivity index (χ2n) is 8.44. The first-order valence-corrected chi connectivity index (χ1v) is 10.2. The Kier molecular flexibility index (Phi) is 6.34. The zero-order valence-corrected chi connectivity index (χ0v) is 17.1. The highest BCUT2D eigenvalue weighted by atomic mass is 16.2. The Morgan fingerprint density at radius 3 is 2.72 bits per heavy atom. The van der Waals surface area contributed by atoms with Gasteiger partial charge in [-0.1, -0.05) is 13.8 Å². The van der Waals surface area contributed by atoms with Crippen LogP contribution in [0, 0.1) is 11.3 Å². The van der Waals surface area contributed by atoms with Gasteiger partial charge in [0.15, 0.2) is 0 Å². The van der Waals surface area contributed by atoms with Crippen molar-refractivity contribution >= 4 is 17.8 Å². The van der Waals surface area contributed by atoms with E-state index in [9.17, 15) is 14.4 Å². The van der Waals surface area contributed by atoms with Gasteiger partial charge in [-0.05, 0) is 38.0 Å². The number of nitrogens with two attached hydrogens (primary N) is 1. The van der Waals surface area contributed by atoms with E-state index in [0.29, 0.717) is 24.6 Å². The average molecular weight is 402 g/mol. The van der Waals surface area contributed by atoms with Gasteiger partial charge in [-0.2, -0.15) is 0 Å². The zero-order chi connectivity index (χ0) is 21.0. The molecule has 3 rings (SSSR count). The van der Waals surface area contributed by atoms with E-state index in [0.717, 1.165) is 25.7 Å². The molecule has 1 aromatic heterocycles. The molecule has 0 spiro atoms. The Labute approximate surface area is 170 Å². The molecule has 9 heteroatoms. The van der Waals surface area contributed by atoms with Gasteiger partial charge in [0.25, 0.3) is 0 Å². The molecule has 0 aromatic carbocycles. The second kappa shape index (κ2) is 8.75. The van der Waals surface area contributed by atoms with E-state index in [1.807, 2.05) is 4.90 Å². The van der Waals surface area contributed by atoms with Crippen LogP contribution >= 0.6 is 0 Å². The maximum atomic E-state index is 13.4. The monoisotopic (exact) mass is 402 g/mol. The molecule has 2 aliphatic heterocycles. The Morgan fingerprint density at radius 2 is 2.07 bits per heavy atom. The Bertz CT molecular complexity index is 756. The highest BCUT2D eigenvalue weighted by Crippen LogP contribution is 2.52. The molecule has 0 saturated carbocycles. The minimum absolute atomic E-state index is 0.0246. The summed E-state index contributed by atoms with van der Waals surface area (Å²) in [6, 6.07) is -0.857. The Balaban J connectivity index is 1.76. The Hall–Kier alpha value is -2.71. The van der Waals surface area contributed by atoms with Crippen LogP contribution in [0.4, 0.5) is 4.79 Å². The average Bonchev–Trinajstić information content (AvgIpc) is 3.26. The summed E-state index contributed by atoms with van der Waals surface area (Å²) in [5, 5.41) is 5.41. The summed E-state index contributed by atoms with van der Waals surface area (Å²) >= 11 is 0. The van der Waals surface area contributed by atoms with Crippen molar-refractivity contribution in [2.45, 2.75) is 64.6 Å². The number of urea groups is 1. The number of nitrogens with zero attached hydrogens (tertiary/aromatic N) is 3. The molecule has 2 fully saturated rings. The lowest BCUT2D eigenvalue weighted by atomic mass is 9.69. The predicted octanol–water partition coefficient (Wildman–Crippen LogP) is 0.947. The predicted molar refractivity (Wildman–Crippen MR) is 106 cm³/mol. The fourth-order valence-corrected chi connectivity index (χ4v) is 4.75. The molecule has 1 aromatic rings. The quantitative estimate of drug-likeness (QED) is 0.596. The van der Waals surface area contributed by atoms with E-state index < -0.39 is 11.4 Å². The highest BCUT2D eigenvalue weighted by molar-refractivity contribution is 5.88. The van der Waals surface area contributed by atoms with Crippen molar-refractivity contribution in [1.29, 1.82) is 0 Å². The summed E-state index contributed by atoms with van der Waals surface area (Å²) in [5.41, 5.74) is 5.19. The van der Waals surface area contributed by atoms with Crippen LogP contribution in [0.25, 0.3) is 0 Å². The third-order valence-corrected chi connectivity index (χ3v) is 6.11. The van der Waals surface area contributed by atoms with Gasteiger partial charge in [-0.25, -0.2) is 4.79 Å². The first kappa shape index (κ1) is 21.0. The third-order valence-electron chi connectivity index (χ3n) is 6.11. The molecule has 3 heterocycles. The van der Waals surface area contributed by atoms with Gasteiger partial charge in [0.2, 0.25) is 11.8 Å². The van der Waals surface area contributed by atoms with Crippen molar-refractivity contribution in [2.75, 3.05) is 6.54 Å². The van der Waals surface area contributed by atoms with E-state index in [4.69, 9.17) is 5.73 Å². The van der Waals surface area contributed by atoms with Crippen LogP contribution < -0.4 is 16.4 Å². The lowest BCUT2D eigenvalue weighted by Gasteiger charge is -2.36. The number of fused-ring (bicyclic) bond motifs is 2. The molecule has 158 valence electrons. The molecule has 0 unspecified atom stereocenters. The minimum Gasteiger partial charge on any atom is -0.352 e. The van der Waals surface area contributed by atoms with Crippen LogP contribution in [0.2, 0.25) is 0 Å². The van der Waals surface area contributed by atoms with E-state index >= 15 is 0 Å². The molecular formula is C20H30N6O3. The maximum absolute atomic E-state index is 13.4. The molecule has 2 aliphatic rings. The molecule has 0 aliphatic carbocycles. The molecule has 3 atom stereocenters. The van der Waals surface area contributed by atoms with Crippen molar-refractivity contribution in [1.82, 2.24) is 25.5 Å². The van der Waals surface area contributed by atoms with Crippen LogP contribution in [0.5, 0.6) is 0 Å². The first-order valence-electron chi connectivity index (χ1n) is 10.2. The topological polar surface area (TPSA) is 130 Å². The van der Waals surface area contributed by atoms with Crippen molar-refractivity contribution in [3.05, 3.63) is 24.3 Å². The number of aromatic nitrogens is 2. The number of primary amides is 1. The van der Waals surface area contributed by atoms with Crippen LogP contribution in [-0.2, 0) is 16.1 Å². The molecule has 4 N–H and O–H groups in total. The summed E-state index contributed by atoms with van der Waals surface area (Å²) in [5.74, 6) is 0.251. The standard InChI is InChI=1S/C20H30N6O3/c1-13(2)5-6-20(18(28)24-11-14-10-22-7-8-23-14)9-15-3-4-16(20)26(15)17(27)12-25-19(21)29/h7-8,10,13,15-16H,3-6,9,11-12H2,1-2H3,(H,24,28)(H3,21,25,29)/t15-,16+,20+/m1/s1. The molecule has 9 nitrogen and oxygen atoms in total. The zero-order valence-electron chi connectivity index (χ0n) is 17.1. The summed E-state index contributed by atoms with van der Waals surface area (Å²) in [6.07, 6.45) is 8.78. The number of hydrogen-bond donors (Lipinski definition) is 3. The summed E-state index contributed by atoms with van der Waals surface area (Å²) in [7, 11) is 0. The molecule has 0 radical (unpaired) electrons. The molecule has 29 heavy (non-hydrogen) atoms. The summed E-state index contributed by atoms with van der Waals surface area (Å²) in [4.78, 5) is 47.2. The van der Waals surface area contributed by atoms with Crippen molar-refractivity contribution in [2.24, 2.45) is 17.1 Å². The molecule has 2 bridgehead atoms. The van der Waals surface area contributed by atoms with Crippen LogP contribution in [0.1, 0.15) is 51.6 Å². The van der Waals surface area contributed by atoms with Gasteiger partial charge >= 0.3 is 6.03 Å². The van der Waals surface area contributed by atoms with Gasteiger partial charge in [0, 0.05) is 24.5 Å². The van der Waals surface area contributed by atoms with Crippen LogP contribution in [0.3, 0.4) is 0 Å². The third kappa shape index (κ3) is 4.49. The van der Waals surface area contributed by atoms with Gasteiger partial charge < -0.3 is 21.3 Å². The maximum Gasteiger partial charge on any atom is 0.312 e. The molecule has 2 saturated heterocycles. The number of nitrogens with one attached hydrogen (secondary N) is 2. The van der Waals surface area contributed by atoms with E-state index in [2.05, 4.69) is 34.4 Å². The number of rotatable bonds is 8. The van der Waals surface area contributed by atoms with E-state index in [1.165, 1.54) is 0 Å². The van der Waals surface area contributed by atoms with Gasteiger partial charge in [-0.3, -0.25) is 19.6 Å². The van der Waals surface area contributed by atoms with E-state index in [1.54, 1.807) is 18.6 Å². The fraction of sp³-hybridized carbons (Fsp3) is 0.650. The molecule has 4 amide bonds. The van der Waals surface area contributed by atoms with Gasteiger partial charge in [-0.15, -0.1) is 0 Å². The molecular weight excluding hydrogens is 372 g/mol. The minimum atomic E-state index is -0.724. The number of carbonyl (C=O) groups is 3. The Morgan fingerprint density at radius 1 is 1.28 bits per heavy atom. The van der Waals surface area contributed by atoms with Crippen LogP contribution in [0.15, 0.2) is 18.6 Å². The largest absolute Gasteiger partial charge is 0.352 e. The highest BCUT2D eigenvalue weighted by Gasteiger charge is 2.60. The lowest BCUT2D eigenvalue weighted by Crippen LogP contribution is -2.51. The van der Waals surface area contributed by atoms with Crippen molar-refractivity contribution in [3.63, 3.8) is 0 Å². The lowest BCUT2D eigenvalue weighted by molar-refractivity contribution is -0.136. The smallest absolute Gasteiger partial charge is 0.312 e. The van der Waals surface area contributed by atoms with Gasteiger partial charge in [0.05, 0.1) is 30.4 Å². The van der Waals surface area contributed by atoms with Crippen LogP contribution in [-0.4, -0.2) is 51.3 Å². The second-order valence-corrected chi connectivity index (χ2v) is 8.44. The van der Waals surface area contributed by atoms with Gasteiger partial charge in [0.1, 0.15) is 0 Å². The first-order chi connectivity index (χ1) is 13.8. The number of carbonyl (C=O) groups excluding carboxylic acids is 3. The fourth-order valence-electron chi connectivity index (χ4n) is 4.75. The van der Waals surface area contributed by atoms with Crippen molar-refractivity contribution in [3.8, 4) is 0 Å². The van der Waals surface area contributed by atoms with E-state index in [-0.39, 0.29) is 30.4 Å². The number of amides is 4. The normalized spacial score (nSPS) is 25.3. The number of hydrogen-bond acceptors (Lipinski definition) is 5. The van der Waals surface area contributed by atoms with Crippen molar-refractivity contribution < 1.29 is 14.4 Å². The summed E-state index contributed by atoms with van der Waals surface area (Å²) in [6.45, 7) is 4.45. The SMILES string of the molecule is CC(C)CC[C@]1(C(=O)NCc2cnccn2)C[C@H]2CC[C@@H]1N2C(=O)CNC(N)=O.